The number of methoxy groups -OCH3 is 1. The first kappa shape index (κ1) is 21.3. The van der Waals surface area contributed by atoms with Crippen molar-refractivity contribution in [1.82, 2.24) is 0 Å². The molecule has 2 aromatic heterocycles. The molecule has 0 spiro atoms. The van der Waals surface area contributed by atoms with Gasteiger partial charge < -0.3 is 19.8 Å². The fourth-order valence-corrected chi connectivity index (χ4v) is 4.52. The normalized spacial score (nSPS) is 10.7. The fourth-order valence-electron chi connectivity index (χ4n) is 3.03. The van der Waals surface area contributed by atoms with Gasteiger partial charge in [0, 0.05) is 17.1 Å². The predicted molar refractivity (Wildman–Crippen MR) is 121 cm³/mol. The molecule has 0 aliphatic heterocycles. The topological polar surface area (TPSA) is 124 Å². The number of carbonyl (C=O) groups is 2. The summed E-state index contributed by atoms with van der Waals surface area (Å²) in [7, 11) is 1.43. The minimum atomic E-state index is -0.571. The van der Waals surface area contributed by atoms with Crippen LogP contribution in [0.5, 0.6) is 5.75 Å². The Balaban J connectivity index is 1.64. The number of benzene rings is 2. The second kappa shape index (κ2) is 8.69. The highest BCUT2D eigenvalue weighted by molar-refractivity contribution is 7.22. The third kappa shape index (κ3) is 4.01. The Kier molecular flexibility index (Phi) is 5.80. The first-order valence-electron chi connectivity index (χ1n) is 9.08. The zero-order valence-electron chi connectivity index (χ0n) is 16.4. The van der Waals surface area contributed by atoms with E-state index in [9.17, 15) is 19.7 Å². The molecular formula is C21H14ClN3O6S. The molecule has 0 saturated heterocycles. The van der Waals surface area contributed by atoms with E-state index in [0.717, 1.165) is 11.3 Å². The molecule has 0 fully saturated rings. The van der Waals surface area contributed by atoms with E-state index in [4.69, 9.17) is 20.8 Å². The van der Waals surface area contributed by atoms with Crippen molar-refractivity contribution in [3.05, 3.63) is 80.6 Å². The van der Waals surface area contributed by atoms with E-state index in [2.05, 4.69) is 10.6 Å². The molecule has 0 aliphatic carbocycles. The predicted octanol–water partition coefficient (Wildman–Crippen LogP) is 5.57. The Labute approximate surface area is 189 Å². The van der Waals surface area contributed by atoms with Crippen molar-refractivity contribution in [2.24, 2.45) is 0 Å². The van der Waals surface area contributed by atoms with Crippen LogP contribution in [0.3, 0.4) is 0 Å². The maximum atomic E-state index is 13.0. The number of nitrogens with one attached hydrogen (secondary N) is 2. The molecular weight excluding hydrogens is 458 g/mol. The lowest BCUT2D eigenvalue weighted by atomic mass is 10.2. The SMILES string of the molecule is COc1ccc(NC(=O)c2ccco2)cc1NC(=O)c1sc2c([N+](=O)[O-])cccc2c1Cl. The van der Waals surface area contributed by atoms with Gasteiger partial charge in [-0.1, -0.05) is 23.7 Å². The van der Waals surface area contributed by atoms with Gasteiger partial charge in [0.1, 0.15) is 15.3 Å². The molecule has 2 heterocycles. The number of ether oxygens (including phenoxy) is 1. The van der Waals surface area contributed by atoms with E-state index in [0.29, 0.717) is 21.5 Å². The number of rotatable bonds is 6. The number of amides is 2. The van der Waals surface area contributed by atoms with E-state index in [1.54, 1.807) is 24.3 Å². The van der Waals surface area contributed by atoms with E-state index in [-0.39, 0.29) is 27.0 Å². The zero-order valence-corrected chi connectivity index (χ0v) is 18.0. The van der Waals surface area contributed by atoms with E-state index in [1.165, 1.54) is 37.6 Å². The van der Waals surface area contributed by atoms with Crippen molar-refractivity contribution in [1.29, 1.82) is 0 Å². The maximum absolute atomic E-state index is 13.0. The zero-order chi connectivity index (χ0) is 22.8. The lowest BCUT2D eigenvalue weighted by Gasteiger charge is -2.12. The monoisotopic (exact) mass is 471 g/mol. The molecule has 0 unspecified atom stereocenters. The molecule has 4 rings (SSSR count). The molecule has 32 heavy (non-hydrogen) atoms. The number of halogens is 1. The smallest absolute Gasteiger partial charge is 0.291 e. The van der Waals surface area contributed by atoms with Gasteiger partial charge in [0.25, 0.3) is 17.5 Å². The third-order valence-corrected chi connectivity index (χ3v) is 6.22. The molecule has 11 heteroatoms. The number of nitro groups is 1. The van der Waals surface area contributed by atoms with Crippen LogP contribution in [0.4, 0.5) is 17.1 Å². The van der Waals surface area contributed by atoms with Gasteiger partial charge in [0.2, 0.25) is 0 Å². The summed E-state index contributed by atoms with van der Waals surface area (Å²) < 4.78 is 10.7. The number of anilines is 2. The first-order valence-corrected chi connectivity index (χ1v) is 10.3. The van der Waals surface area contributed by atoms with Crippen molar-refractivity contribution in [2.45, 2.75) is 0 Å². The van der Waals surface area contributed by atoms with Crippen molar-refractivity contribution < 1.29 is 23.7 Å². The van der Waals surface area contributed by atoms with E-state index < -0.39 is 16.7 Å². The fraction of sp³-hybridized carbons (Fsp3) is 0.0476. The highest BCUT2D eigenvalue weighted by Crippen LogP contribution is 2.41. The Morgan fingerprint density at radius 2 is 1.94 bits per heavy atom. The Bertz CT molecular complexity index is 1350. The van der Waals surface area contributed by atoms with Crippen LogP contribution >= 0.6 is 22.9 Å². The molecule has 4 aromatic rings. The number of carbonyl (C=O) groups excluding carboxylic acids is 2. The number of furan rings is 1. The molecule has 0 bridgehead atoms. The molecule has 0 aliphatic rings. The van der Waals surface area contributed by atoms with Crippen molar-refractivity contribution in [3.63, 3.8) is 0 Å². The lowest BCUT2D eigenvalue weighted by molar-refractivity contribution is -0.382. The highest BCUT2D eigenvalue weighted by Gasteiger charge is 2.23. The van der Waals surface area contributed by atoms with Gasteiger partial charge in [-0.3, -0.25) is 19.7 Å². The standard InChI is InChI=1S/C21H14ClN3O6S/c1-30-15-8-7-11(23-20(26)16-6-3-9-31-16)10-13(15)24-21(27)19-17(22)12-4-2-5-14(25(28)29)18(12)32-19/h2-10H,1H3,(H,23,26)(H,24,27). The molecule has 162 valence electrons. The highest BCUT2D eigenvalue weighted by atomic mass is 35.5. The Hall–Kier alpha value is -3.89. The number of nitrogens with zero attached hydrogens (tertiary/aromatic N) is 1. The minimum Gasteiger partial charge on any atom is -0.495 e. The van der Waals surface area contributed by atoms with Crippen molar-refractivity contribution >= 4 is 61.9 Å². The minimum absolute atomic E-state index is 0.114. The van der Waals surface area contributed by atoms with Crippen LogP contribution in [0.2, 0.25) is 5.02 Å². The summed E-state index contributed by atoms with van der Waals surface area (Å²) in [5.74, 6) is -0.557. The molecule has 0 saturated carbocycles. The van der Waals surface area contributed by atoms with Gasteiger partial charge in [-0.25, -0.2) is 0 Å². The van der Waals surface area contributed by atoms with Crippen LogP contribution in [0, 0.1) is 10.1 Å². The van der Waals surface area contributed by atoms with Gasteiger partial charge in [0.05, 0.1) is 29.0 Å². The molecule has 9 nitrogen and oxygen atoms in total. The van der Waals surface area contributed by atoms with Crippen LogP contribution in [-0.4, -0.2) is 23.8 Å². The van der Waals surface area contributed by atoms with Crippen molar-refractivity contribution in [2.75, 3.05) is 17.7 Å². The van der Waals surface area contributed by atoms with Crippen molar-refractivity contribution in [3.8, 4) is 5.75 Å². The number of hydrogen-bond acceptors (Lipinski definition) is 7. The first-order chi connectivity index (χ1) is 15.4. The average molecular weight is 472 g/mol. The summed E-state index contributed by atoms with van der Waals surface area (Å²) in [4.78, 5) is 36.1. The lowest BCUT2D eigenvalue weighted by Crippen LogP contribution is -2.14. The van der Waals surface area contributed by atoms with Crippen LogP contribution in [0.1, 0.15) is 20.2 Å². The summed E-state index contributed by atoms with van der Waals surface area (Å²) in [6.07, 6.45) is 1.38. The molecule has 2 N–H and O–H groups in total. The van der Waals surface area contributed by atoms with Gasteiger partial charge in [-0.15, -0.1) is 11.3 Å². The third-order valence-electron chi connectivity index (χ3n) is 4.49. The van der Waals surface area contributed by atoms with E-state index in [1.807, 2.05) is 0 Å². The number of thiophene rings is 1. The Morgan fingerprint density at radius 1 is 1.12 bits per heavy atom. The van der Waals surface area contributed by atoms with Gasteiger partial charge in [-0.05, 0) is 30.3 Å². The number of hydrogen-bond donors (Lipinski definition) is 2. The summed E-state index contributed by atoms with van der Waals surface area (Å²) >= 11 is 7.28. The van der Waals surface area contributed by atoms with E-state index >= 15 is 0 Å². The van der Waals surface area contributed by atoms with Crippen LogP contribution in [0.15, 0.2) is 59.2 Å². The maximum Gasteiger partial charge on any atom is 0.291 e. The summed E-state index contributed by atoms with van der Waals surface area (Å²) in [6, 6.07) is 12.3. The summed E-state index contributed by atoms with van der Waals surface area (Å²) in [5.41, 5.74) is 0.534. The number of nitro benzene ring substituents is 1. The van der Waals surface area contributed by atoms with Crippen LogP contribution in [0.25, 0.3) is 10.1 Å². The second-order valence-corrected chi connectivity index (χ2v) is 7.86. The average Bonchev–Trinajstić information content (AvgIpc) is 3.42. The Morgan fingerprint density at radius 3 is 2.62 bits per heavy atom. The number of fused-ring (bicyclic) bond motifs is 1. The summed E-state index contributed by atoms with van der Waals surface area (Å²) in [5, 5.41) is 17.2. The van der Waals surface area contributed by atoms with Gasteiger partial charge in [-0.2, -0.15) is 0 Å². The second-order valence-electron chi connectivity index (χ2n) is 6.46. The number of non-ortho nitro benzene ring substituents is 1. The quantitative estimate of drug-likeness (QED) is 0.280. The van der Waals surface area contributed by atoms with Crippen LogP contribution in [-0.2, 0) is 0 Å². The summed E-state index contributed by atoms with van der Waals surface area (Å²) in [6.45, 7) is 0. The van der Waals surface area contributed by atoms with Gasteiger partial charge >= 0.3 is 0 Å². The molecule has 2 amide bonds. The molecule has 0 radical (unpaired) electrons. The molecule has 2 aromatic carbocycles. The van der Waals surface area contributed by atoms with Gasteiger partial charge in [0.15, 0.2) is 5.76 Å². The molecule has 0 atom stereocenters. The largest absolute Gasteiger partial charge is 0.495 e. The van der Waals surface area contributed by atoms with Crippen LogP contribution < -0.4 is 15.4 Å².